The molecule has 1 aliphatic heterocycles. The fraction of sp³-hybridized carbons (Fsp3) is 0.545. The Bertz CT molecular complexity index is 794. The number of piperidine rings is 1. The molecule has 0 radical (unpaired) electrons. The largest absolute Gasteiger partial charge is 0.349 e. The predicted octanol–water partition coefficient (Wildman–Crippen LogP) is 3.47. The van der Waals surface area contributed by atoms with E-state index in [4.69, 9.17) is 0 Å². The molecular formula is C22H30N4O. The molecule has 0 bridgehead atoms. The van der Waals surface area contributed by atoms with Gasteiger partial charge in [-0.3, -0.25) is 9.48 Å². The first-order valence-corrected chi connectivity index (χ1v) is 10.1. The van der Waals surface area contributed by atoms with E-state index < -0.39 is 0 Å². The zero-order chi connectivity index (χ0) is 18.9. The van der Waals surface area contributed by atoms with Crippen LogP contribution in [0.25, 0.3) is 11.1 Å². The summed E-state index contributed by atoms with van der Waals surface area (Å²) in [6, 6.07) is 8.15. The van der Waals surface area contributed by atoms with E-state index in [-0.39, 0.29) is 5.91 Å². The molecule has 1 aromatic heterocycles. The summed E-state index contributed by atoms with van der Waals surface area (Å²) in [5.41, 5.74) is 3.34. The molecular weight excluding hydrogens is 336 g/mol. The van der Waals surface area contributed by atoms with Crippen LogP contribution >= 0.6 is 0 Å². The van der Waals surface area contributed by atoms with Crippen molar-refractivity contribution in [3.63, 3.8) is 0 Å². The topological polar surface area (TPSA) is 50.2 Å². The molecule has 0 atom stereocenters. The lowest BCUT2D eigenvalue weighted by Crippen LogP contribution is -2.44. The molecule has 2 heterocycles. The number of hydrogen-bond acceptors (Lipinski definition) is 3. The standard InChI is InChI=1S/C22H30N4O/c1-25-12-10-22(11-13-25)8-6-20(7-9-22)24-21(27)18-5-3-4-17(14-18)19-15-23-26(2)16-19/h3-5,14-16,20H,6-13H2,1-2H3,(H,24,27). The van der Waals surface area contributed by atoms with Crippen molar-refractivity contribution in [3.8, 4) is 11.1 Å². The highest BCUT2D eigenvalue weighted by molar-refractivity contribution is 5.95. The lowest BCUT2D eigenvalue weighted by atomic mass is 9.67. The van der Waals surface area contributed by atoms with E-state index in [0.717, 1.165) is 29.5 Å². The van der Waals surface area contributed by atoms with Gasteiger partial charge in [-0.05, 0) is 81.8 Å². The van der Waals surface area contributed by atoms with E-state index in [1.54, 1.807) is 4.68 Å². The molecule has 4 rings (SSSR count). The average molecular weight is 367 g/mol. The smallest absolute Gasteiger partial charge is 0.251 e. The average Bonchev–Trinajstić information content (AvgIpc) is 3.13. The van der Waals surface area contributed by atoms with Gasteiger partial charge in [0.1, 0.15) is 0 Å². The lowest BCUT2D eigenvalue weighted by molar-refractivity contribution is 0.0654. The summed E-state index contributed by atoms with van der Waals surface area (Å²) < 4.78 is 1.78. The van der Waals surface area contributed by atoms with Crippen LogP contribution in [0.3, 0.4) is 0 Å². The van der Waals surface area contributed by atoms with Crippen LogP contribution in [0, 0.1) is 5.41 Å². The number of benzene rings is 1. The van der Waals surface area contributed by atoms with Gasteiger partial charge in [-0.25, -0.2) is 0 Å². The monoisotopic (exact) mass is 366 g/mol. The van der Waals surface area contributed by atoms with Crippen LogP contribution < -0.4 is 5.32 Å². The molecule has 1 amide bonds. The fourth-order valence-electron chi connectivity index (χ4n) is 4.65. The van der Waals surface area contributed by atoms with E-state index in [1.165, 1.54) is 38.8 Å². The number of carbonyl (C=O) groups is 1. The summed E-state index contributed by atoms with van der Waals surface area (Å²) in [5.74, 6) is 0.0464. The van der Waals surface area contributed by atoms with Crippen molar-refractivity contribution in [3.05, 3.63) is 42.2 Å². The summed E-state index contributed by atoms with van der Waals surface area (Å²) in [5, 5.41) is 7.50. The Morgan fingerprint density at radius 1 is 1.11 bits per heavy atom. The third-order valence-corrected chi connectivity index (χ3v) is 6.59. The number of nitrogens with one attached hydrogen (secondary N) is 1. The molecule has 27 heavy (non-hydrogen) atoms. The van der Waals surface area contributed by atoms with Crippen LogP contribution in [-0.4, -0.2) is 46.8 Å². The number of aromatic nitrogens is 2. The lowest BCUT2D eigenvalue weighted by Gasteiger charge is -2.45. The summed E-state index contributed by atoms with van der Waals surface area (Å²) in [6.07, 6.45) is 11.2. The Hall–Kier alpha value is -2.14. The Balaban J connectivity index is 1.36. The molecule has 1 N–H and O–H groups in total. The maximum atomic E-state index is 12.8. The van der Waals surface area contributed by atoms with Gasteiger partial charge in [0, 0.05) is 30.4 Å². The molecule has 144 valence electrons. The van der Waals surface area contributed by atoms with Crippen molar-refractivity contribution < 1.29 is 4.79 Å². The minimum Gasteiger partial charge on any atom is -0.349 e. The van der Waals surface area contributed by atoms with Crippen LogP contribution in [0.4, 0.5) is 0 Å². The number of likely N-dealkylation sites (tertiary alicyclic amines) is 1. The maximum absolute atomic E-state index is 12.8. The zero-order valence-electron chi connectivity index (χ0n) is 16.4. The van der Waals surface area contributed by atoms with Gasteiger partial charge in [0.05, 0.1) is 6.20 Å². The first kappa shape index (κ1) is 18.2. The zero-order valence-corrected chi connectivity index (χ0v) is 16.4. The van der Waals surface area contributed by atoms with Crippen LogP contribution in [0.15, 0.2) is 36.7 Å². The van der Waals surface area contributed by atoms with Crippen molar-refractivity contribution in [2.75, 3.05) is 20.1 Å². The van der Waals surface area contributed by atoms with Gasteiger partial charge >= 0.3 is 0 Å². The molecule has 1 aromatic carbocycles. The van der Waals surface area contributed by atoms with Gasteiger partial charge in [0.15, 0.2) is 0 Å². The first-order valence-electron chi connectivity index (χ1n) is 10.1. The van der Waals surface area contributed by atoms with Gasteiger partial charge in [0.25, 0.3) is 5.91 Å². The van der Waals surface area contributed by atoms with E-state index in [2.05, 4.69) is 22.4 Å². The molecule has 1 saturated heterocycles. The minimum absolute atomic E-state index is 0.0464. The van der Waals surface area contributed by atoms with E-state index in [0.29, 0.717) is 11.5 Å². The molecule has 0 unspecified atom stereocenters. The SMILES string of the molecule is CN1CCC2(CCC(NC(=O)c3cccc(-c4cnn(C)c4)c3)CC2)CC1. The molecule has 2 fully saturated rings. The van der Waals surface area contributed by atoms with Crippen molar-refractivity contribution >= 4 is 5.91 Å². The van der Waals surface area contributed by atoms with Gasteiger partial charge in [-0.1, -0.05) is 12.1 Å². The van der Waals surface area contributed by atoms with Gasteiger partial charge < -0.3 is 10.2 Å². The second-order valence-corrected chi connectivity index (χ2v) is 8.53. The van der Waals surface area contributed by atoms with Crippen LogP contribution in [0.2, 0.25) is 0 Å². The number of nitrogens with zero attached hydrogens (tertiary/aromatic N) is 3. The number of hydrogen-bond donors (Lipinski definition) is 1. The highest BCUT2D eigenvalue weighted by atomic mass is 16.1. The quantitative estimate of drug-likeness (QED) is 0.905. The highest BCUT2D eigenvalue weighted by Gasteiger charge is 2.37. The van der Waals surface area contributed by atoms with Crippen molar-refractivity contribution in [2.24, 2.45) is 12.5 Å². The van der Waals surface area contributed by atoms with E-state index in [1.807, 2.05) is 43.7 Å². The van der Waals surface area contributed by atoms with Gasteiger partial charge in [-0.2, -0.15) is 5.10 Å². The third kappa shape index (κ3) is 4.08. The van der Waals surface area contributed by atoms with Crippen LogP contribution in [0.5, 0.6) is 0 Å². The number of amides is 1. The van der Waals surface area contributed by atoms with Crippen molar-refractivity contribution in [2.45, 2.75) is 44.6 Å². The third-order valence-electron chi connectivity index (χ3n) is 6.59. The summed E-state index contributed by atoms with van der Waals surface area (Å²) >= 11 is 0. The summed E-state index contributed by atoms with van der Waals surface area (Å²) in [6.45, 7) is 2.44. The fourth-order valence-corrected chi connectivity index (χ4v) is 4.65. The minimum atomic E-state index is 0.0464. The van der Waals surface area contributed by atoms with E-state index >= 15 is 0 Å². The second kappa shape index (κ2) is 7.47. The highest BCUT2D eigenvalue weighted by Crippen LogP contribution is 2.44. The normalized spacial score (nSPS) is 20.7. The number of aryl methyl sites for hydroxylation is 1. The van der Waals surface area contributed by atoms with Crippen LogP contribution in [0.1, 0.15) is 48.9 Å². The summed E-state index contributed by atoms with van der Waals surface area (Å²) in [4.78, 5) is 15.2. The van der Waals surface area contributed by atoms with E-state index in [9.17, 15) is 4.79 Å². The van der Waals surface area contributed by atoms with Crippen molar-refractivity contribution in [1.29, 1.82) is 0 Å². The molecule has 1 saturated carbocycles. The van der Waals surface area contributed by atoms with Gasteiger partial charge in [0.2, 0.25) is 0 Å². The predicted molar refractivity (Wildman–Crippen MR) is 108 cm³/mol. The Morgan fingerprint density at radius 2 is 1.85 bits per heavy atom. The Morgan fingerprint density at radius 3 is 2.52 bits per heavy atom. The number of carbonyl (C=O) groups excluding carboxylic acids is 1. The first-order chi connectivity index (χ1) is 13.0. The second-order valence-electron chi connectivity index (χ2n) is 8.53. The maximum Gasteiger partial charge on any atom is 0.251 e. The molecule has 1 aliphatic carbocycles. The summed E-state index contributed by atoms with van der Waals surface area (Å²) in [7, 11) is 4.12. The Labute approximate surface area is 161 Å². The molecule has 2 aromatic rings. The van der Waals surface area contributed by atoms with Crippen molar-refractivity contribution in [1.82, 2.24) is 20.0 Å². The van der Waals surface area contributed by atoms with Crippen LogP contribution in [-0.2, 0) is 7.05 Å². The number of rotatable bonds is 3. The molecule has 2 aliphatic rings. The molecule has 5 nitrogen and oxygen atoms in total. The molecule has 1 spiro atoms. The van der Waals surface area contributed by atoms with Gasteiger partial charge in [-0.15, -0.1) is 0 Å². The Kier molecular flexibility index (Phi) is 5.04. The molecule has 5 heteroatoms.